The molecule has 1 aromatic carbocycles. The first-order valence-corrected chi connectivity index (χ1v) is 10.7. The maximum Gasteiger partial charge on any atom is 0.232 e. The number of halogens is 1. The van der Waals surface area contributed by atoms with Crippen molar-refractivity contribution >= 4 is 39.2 Å². The summed E-state index contributed by atoms with van der Waals surface area (Å²) in [5, 5.41) is 10.3. The highest BCUT2D eigenvalue weighted by Gasteiger charge is 2.20. The average Bonchev–Trinajstić information content (AvgIpc) is 3.09. The van der Waals surface area contributed by atoms with E-state index < -0.39 is 0 Å². The van der Waals surface area contributed by atoms with Crippen molar-refractivity contribution in [2.24, 2.45) is 0 Å². The van der Waals surface area contributed by atoms with Gasteiger partial charge in [0.2, 0.25) is 5.91 Å². The molecule has 2 aromatic heterocycles. The second-order valence-corrected chi connectivity index (χ2v) is 8.67. The summed E-state index contributed by atoms with van der Waals surface area (Å²) >= 11 is 2.93. The molecule has 1 amide bonds. The predicted octanol–water partition coefficient (Wildman–Crippen LogP) is 4.31. The molecule has 3 aromatic rings. The Morgan fingerprint density at radius 2 is 1.93 bits per heavy atom. The van der Waals surface area contributed by atoms with Gasteiger partial charge in [-0.05, 0) is 50.5 Å². The summed E-state index contributed by atoms with van der Waals surface area (Å²) in [7, 11) is 0. The minimum Gasteiger partial charge on any atom is -0.342 e. The van der Waals surface area contributed by atoms with Gasteiger partial charge >= 0.3 is 0 Å². The molecular formula is C19H19FN4OS2. The Balaban J connectivity index is 1.60. The third-order valence-corrected chi connectivity index (χ3v) is 6.47. The quantitative estimate of drug-likeness (QED) is 0.609. The topological polar surface area (TPSA) is 59.0 Å². The minimum atomic E-state index is -0.285. The van der Waals surface area contributed by atoms with E-state index in [9.17, 15) is 9.18 Å². The van der Waals surface area contributed by atoms with Crippen molar-refractivity contribution in [1.29, 1.82) is 0 Å². The number of thiazole rings is 1. The van der Waals surface area contributed by atoms with Crippen LogP contribution in [0.15, 0.2) is 29.3 Å². The molecule has 0 saturated carbocycles. The summed E-state index contributed by atoms with van der Waals surface area (Å²) in [4.78, 5) is 19.0. The van der Waals surface area contributed by atoms with Crippen LogP contribution < -0.4 is 0 Å². The molecule has 0 atom stereocenters. The Morgan fingerprint density at radius 1 is 1.19 bits per heavy atom. The van der Waals surface area contributed by atoms with E-state index in [1.165, 1.54) is 41.7 Å². The first-order valence-electron chi connectivity index (χ1n) is 8.92. The van der Waals surface area contributed by atoms with Gasteiger partial charge in [-0.3, -0.25) is 4.79 Å². The second kappa shape index (κ2) is 7.90. The number of nitrogens with zero attached hydrogens (tertiary/aromatic N) is 4. The number of aryl methyl sites for hydroxylation is 1. The van der Waals surface area contributed by atoms with Crippen molar-refractivity contribution < 1.29 is 9.18 Å². The van der Waals surface area contributed by atoms with Gasteiger partial charge in [0.15, 0.2) is 0 Å². The van der Waals surface area contributed by atoms with Gasteiger partial charge in [-0.25, -0.2) is 9.37 Å². The maximum atomic E-state index is 13.2. The number of likely N-dealkylation sites (tertiary alicyclic amines) is 1. The molecule has 3 heterocycles. The monoisotopic (exact) mass is 402 g/mol. The third kappa shape index (κ3) is 3.96. The largest absolute Gasteiger partial charge is 0.342 e. The molecule has 0 radical (unpaired) electrons. The average molecular weight is 403 g/mol. The summed E-state index contributed by atoms with van der Waals surface area (Å²) < 4.78 is 14.1. The molecule has 0 bridgehead atoms. The van der Waals surface area contributed by atoms with Crippen molar-refractivity contribution in [2.75, 3.05) is 18.8 Å². The zero-order valence-corrected chi connectivity index (χ0v) is 16.6. The fourth-order valence-corrected chi connectivity index (χ4v) is 5.00. The van der Waals surface area contributed by atoms with Gasteiger partial charge in [-0.1, -0.05) is 11.8 Å². The van der Waals surface area contributed by atoms with Gasteiger partial charge in [-0.15, -0.1) is 21.5 Å². The summed E-state index contributed by atoms with van der Waals surface area (Å²) in [6.45, 7) is 3.63. The van der Waals surface area contributed by atoms with Gasteiger partial charge in [0, 0.05) is 18.7 Å². The van der Waals surface area contributed by atoms with Crippen molar-refractivity contribution in [2.45, 2.75) is 31.2 Å². The number of carbonyl (C=O) groups is 1. The smallest absolute Gasteiger partial charge is 0.232 e. The van der Waals surface area contributed by atoms with Gasteiger partial charge in [-0.2, -0.15) is 0 Å². The molecule has 4 rings (SSSR count). The molecule has 1 aliphatic rings. The summed E-state index contributed by atoms with van der Waals surface area (Å²) in [6.07, 6.45) is 3.36. The number of thioether (sulfide) groups is 1. The Kier molecular flexibility index (Phi) is 5.36. The van der Waals surface area contributed by atoms with Crippen LogP contribution in [0.4, 0.5) is 4.39 Å². The molecular weight excluding hydrogens is 383 g/mol. The summed E-state index contributed by atoms with van der Waals surface area (Å²) in [5.74, 6) is 0.201. The highest BCUT2D eigenvalue weighted by atomic mass is 32.2. The fraction of sp³-hybridized carbons (Fsp3) is 0.368. The minimum absolute atomic E-state index is 0.143. The zero-order valence-electron chi connectivity index (χ0n) is 14.9. The van der Waals surface area contributed by atoms with E-state index in [1.807, 2.05) is 11.8 Å². The van der Waals surface area contributed by atoms with E-state index in [1.54, 1.807) is 12.1 Å². The number of benzene rings is 1. The highest BCUT2D eigenvalue weighted by molar-refractivity contribution is 8.00. The number of amides is 1. The standard InChI is InChI=1S/C19H19FN4OS2/c1-12-21-17-18(27-12)16(13-5-7-14(20)8-6-13)22-23-19(17)26-11-15(25)24-9-3-2-4-10-24/h5-8H,2-4,9-11H2,1H3. The first kappa shape index (κ1) is 18.3. The molecule has 0 unspecified atom stereocenters. The lowest BCUT2D eigenvalue weighted by Gasteiger charge is -2.26. The lowest BCUT2D eigenvalue weighted by atomic mass is 10.1. The predicted molar refractivity (Wildman–Crippen MR) is 106 cm³/mol. The Labute approximate surface area is 165 Å². The lowest BCUT2D eigenvalue weighted by molar-refractivity contribution is -0.129. The number of rotatable bonds is 4. The summed E-state index contributed by atoms with van der Waals surface area (Å²) in [6, 6.07) is 6.22. The van der Waals surface area contributed by atoms with E-state index in [2.05, 4.69) is 15.2 Å². The Hall–Kier alpha value is -2.06. The van der Waals surface area contributed by atoms with Gasteiger partial charge in [0.05, 0.1) is 15.5 Å². The first-order chi connectivity index (χ1) is 13.1. The molecule has 27 heavy (non-hydrogen) atoms. The number of fused-ring (bicyclic) bond motifs is 1. The van der Waals surface area contributed by atoms with Crippen molar-refractivity contribution in [1.82, 2.24) is 20.1 Å². The van der Waals surface area contributed by atoms with Crippen LogP contribution in [0.2, 0.25) is 0 Å². The molecule has 0 spiro atoms. The van der Waals surface area contributed by atoms with Crippen LogP contribution in [-0.2, 0) is 4.79 Å². The van der Waals surface area contributed by atoms with Crippen LogP contribution in [0.25, 0.3) is 21.5 Å². The van der Waals surface area contributed by atoms with Crippen molar-refractivity contribution in [3.05, 3.63) is 35.1 Å². The van der Waals surface area contributed by atoms with E-state index in [-0.39, 0.29) is 11.7 Å². The maximum absolute atomic E-state index is 13.2. The SMILES string of the molecule is Cc1nc2c(SCC(=O)N3CCCCC3)nnc(-c3ccc(F)cc3)c2s1. The van der Waals surface area contributed by atoms with Crippen LogP contribution in [0.1, 0.15) is 24.3 Å². The fourth-order valence-electron chi connectivity index (χ4n) is 3.18. The Morgan fingerprint density at radius 3 is 2.67 bits per heavy atom. The van der Waals surface area contributed by atoms with Crippen LogP contribution in [0, 0.1) is 12.7 Å². The second-order valence-electron chi connectivity index (χ2n) is 6.50. The van der Waals surface area contributed by atoms with Crippen molar-refractivity contribution in [3.63, 3.8) is 0 Å². The number of hydrogen-bond donors (Lipinski definition) is 0. The molecule has 140 valence electrons. The Bertz CT molecular complexity index is 968. The van der Waals surface area contributed by atoms with E-state index in [4.69, 9.17) is 0 Å². The van der Waals surface area contributed by atoms with Crippen LogP contribution in [-0.4, -0.2) is 44.8 Å². The highest BCUT2D eigenvalue weighted by Crippen LogP contribution is 2.35. The van der Waals surface area contributed by atoms with E-state index in [0.29, 0.717) is 16.5 Å². The number of hydrogen-bond acceptors (Lipinski definition) is 6. The van der Waals surface area contributed by atoms with E-state index in [0.717, 1.165) is 46.7 Å². The van der Waals surface area contributed by atoms with Crippen LogP contribution >= 0.6 is 23.1 Å². The van der Waals surface area contributed by atoms with Crippen LogP contribution in [0.3, 0.4) is 0 Å². The van der Waals surface area contributed by atoms with Gasteiger partial charge < -0.3 is 4.90 Å². The van der Waals surface area contributed by atoms with Crippen molar-refractivity contribution in [3.8, 4) is 11.3 Å². The van der Waals surface area contributed by atoms with Crippen LogP contribution in [0.5, 0.6) is 0 Å². The number of piperidine rings is 1. The molecule has 1 saturated heterocycles. The molecule has 0 N–H and O–H groups in total. The normalized spacial score (nSPS) is 14.7. The lowest BCUT2D eigenvalue weighted by Crippen LogP contribution is -2.36. The molecule has 1 aliphatic heterocycles. The molecule has 8 heteroatoms. The van der Waals surface area contributed by atoms with E-state index >= 15 is 0 Å². The third-order valence-electron chi connectivity index (χ3n) is 4.55. The summed E-state index contributed by atoms with van der Waals surface area (Å²) in [5.41, 5.74) is 2.27. The number of carbonyl (C=O) groups excluding carboxylic acids is 1. The van der Waals surface area contributed by atoms with Gasteiger partial charge in [0.1, 0.15) is 22.1 Å². The molecule has 1 fully saturated rings. The zero-order chi connectivity index (χ0) is 18.8. The van der Waals surface area contributed by atoms with Gasteiger partial charge in [0.25, 0.3) is 0 Å². The molecule has 0 aliphatic carbocycles. The number of aromatic nitrogens is 3. The molecule has 5 nitrogen and oxygen atoms in total.